The van der Waals surface area contributed by atoms with Crippen molar-refractivity contribution >= 4 is 43.9 Å². The average molecular weight is 488 g/mol. The van der Waals surface area contributed by atoms with Crippen LogP contribution < -0.4 is 10.9 Å². The molecule has 3 heterocycles. The van der Waals surface area contributed by atoms with Gasteiger partial charge in [-0.1, -0.05) is 79.8 Å². The largest absolute Gasteiger partial charge is 0.299 e. The first kappa shape index (κ1) is 22.1. The van der Waals surface area contributed by atoms with Gasteiger partial charge in [-0.25, -0.2) is 4.98 Å². The number of fused-ring (bicyclic) bond motifs is 1. The normalized spacial score (nSPS) is 11.3. The quantitative estimate of drug-likeness (QED) is 0.346. The average Bonchev–Trinajstić information content (AvgIpc) is 3.49. The lowest BCUT2D eigenvalue weighted by Gasteiger charge is -2.07. The minimum Gasteiger partial charge on any atom is -0.299 e. The fourth-order valence-corrected chi connectivity index (χ4v) is 5.27. The Hall–Kier alpha value is -3.69. The van der Waals surface area contributed by atoms with Crippen molar-refractivity contribution in [1.82, 2.24) is 19.7 Å². The van der Waals surface area contributed by atoms with Crippen molar-refractivity contribution in [3.8, 4) is 22.3 Å². The molecule has 34 heavy (non-hydrogen) atoms. The molecule has 9 heteroatoms. The van der Waals surface area contributed by atoms with Gasteiger partial charge in [-0.3, -0.25) is 19.5 Å². The number of benzene rings is 2. The highest BCUT2D eigenvalue weighted by atomic mass is 32.1. The van der Waals surface area contributed by atoms with E-state index >= 15 is 0 Å². The van der Waals surface area contributed by atoms with Crippen LogP contribution in [0.25, 0.3) is 32.5 Å². The number of hydrogen-bond donors (Lipinski definition) is 1. The molecule has 0 bridgehead atoms. The highest BCUT2D eigenvalue weighted by Crippen LogP contribution is 2.32. The number of rotatable bonds is 6. The van der Waals surface area contributed by atoms with Crippen LogP contribution in [0.15, 0.2) is 71.1 Å². The number of carbonyl (C=O) groups excluding carboxylic acids is 1. The molecule has 0 spiro atoms. The molecular weight excluding hydrogens is 466 g/mol. The minimum atomic E-state index is -0.348. The summed E-state index contributed by atoms with van der Waals surface area (Å²) in [5.41, 5.74) is 3.74. The second kappa shape index (κ2) is 9.28. The SMILES string of the molecule is CC(C)c1nnc(NC(=O)Cn2cnc3scc(-c4ccc(-c5ccccc5)cc4)c3c2=O)s1. The molecule has 2 aromatic carbocycles. The zero-order chi connectivity index (χ0) is 23.7. The summed E-state index contributed by atoms with van der Waals surface area (Å²) < 4.78 is 1.33. The van der Waals surface area contributed by atoms with Crippen LogP contribution in [0.4, 0.5) is 5.13 Å². The highest BCUT2D eigenvalue weighted by molar-refractivity contribution is 7.17. The van der Waals surface area contributed by atoms with E-state index in [-0.39, 0.29) is 23.9 Å². The summed E-state index contributed by atoms with van der Waals surface area (Å²) in [7, 11) is 0. The highest BCUT2D eigenvalue weighted by Gasteiger charge is 2.16. The number of anilines is 1. The molecule has 0 radical (unpaired) electrons. The van der Waals surface area contributed by atoms with Crippen LogP contribution in [0.1, 0.15) is 24.8 Å². The number of amides is 1. The summed E-state index contributed by atoms with van der Waals surface area (Å²) in [5, 5.41) is 14.5. The molecule has 0 aliphatic rings. The molecule has 5 rings (SSSR count). The second-order valence-corrected chi connectivity index (χ2v) is 9.97. The van der Waals surface area contributed by atoms with Gasteiger partial charge in [0.05, 0.1) is 11.7 Å². The van der Waals surface area contributed by atoms with Crippen LogP contribution >= 0.6 is 22.7 Å². The first-order valence-corrected chi connectivity index (χ1v) is 12.4. The zero-order valence-corrected chi connectivity index (χ0v) is 20.2. The molecule has 0 saturated carbocycles. The van der Waals surface area contributed by atoms with E-state index < -0.39 is 0 Å². The lowest BCUT2D eigenvalue weighted by atomic mass is 10.0. The minimum absolute atomic E-state index is 0.152. The Morgan fingerprint density at radius 1 is 1.00 bits per heavy atom. The van der Waals surface area contributed by atoms with Crippen LogP contribution in [-0.2, 0) is 11.3 Å². The lowest BCUT2D eigenvalue weighted by Crippen LogP contribution is -2.27. The summed E-state index contributed by atoms with van der Waals surface area (Å²) >= 11 is 2.75. The van der Waals surface area contributed by atoms with Crippen molar-refractivity contribution in [3.63, 3.8) is 0 Å². The number of aromatic nitrogens is 4. The fourth-order valence-electron chi connectivity index (χ4n) is 3.60. The molecule has 3 aromatic heterocycles. The number of nitrogens with zero attached hydrogens (tertiary/aromatic N) is 4. The van der Waals surface area contributed by atoms with Crippen molar-refractivity contribution in [1.29, 1.82) is 0 Å². The molecule has 0 unspecified atom stereocenters. The van der Waals surface area contributed by atoms with Gasteiger partial charge in [0.1, 0.15) is 16.4 Å². The molecule has 0 saturated heterocycles. The van der Waals surface area contributed by atoms with Crippen molar-refractivity contribution in [2.24, 2.45) is 0 Å². The first-order chi connectivity index (χ1) is 16.5. The van der Waals surface area contributed by atoms with E-state index in [0.29, 0.717) is 15.3 Å². The summed E-state index contributed by atoms with van der Waals surface area (Å²) in [5.74, 6) is -0.116. The maximum Gasteiger partial charge on any atom is 0.263 e. The maximum atomic E-state index is 13.3. The Bertz CT molecular complexity index is 1520. The van der Waals surface area contributed by atoms with Gasteiger partial charge in [0.15, 0.2) is 0 Å². The predicted molar refractivity (Wildman–Crippen MR) is 137 cm³/mol. The molecule has 170 valence electrons. The van der Waals surface area contributed by atoms with E-state index in [1.807, 2.05) is 61.7 Å². The maximum absolute atomic E-state index is 13.3. The summed E-state index contributed by atoms with van der Waals surface area (Å²) in [6, 6.07) is 18.2. The molecule has 0 aliphatic heterocycles. The van der Waals surface area contributed by atoms with E-state index in [9.17, 15) is 9.59 Å². The fraction of sp³-hybridized carbons (Fsp3) is 0.160. The van der Waals surface area contributed by atoms with Crippen LogP contribution in [0.2, 0.25) is 0 Å². The summed E-state index contributed by atoms with van der Waals surface area (Å²) in [6.45, 7) is 3.88. The van der Waals surface area contributed by atoms with Crippen molar-refractivity contribution in [2.75, 3.05) is 5.32 Å². The van der Waals surface area contributed by atoms with Crippen LogP contribution in [0.5, 0.6) is 0 Å². The third kappa shape index (κ3) is 4.40. The number of carbonyl (C=O) groups is 1. The van der Waals surface area contributed by atoms with Gasteiger partial charge in [-0.15, -0.1) is 21.5 Å². The molecule has 0 atom stereocenters. The Morgan fingerprint density at radius 3 is 2.41 bits per heavy atom. The van der Waals surface area contributed by atoms with E-state index in [2.05, 4.69) is 32.6 Å². The Morgan fingerprint density at radius 2 is 1.71 bits per heavy atom. The molecule has 1 amide bonds. The first-order valence-electron chi connectivity index (χ1n) is 10.8. The number of hydrogen-bond acceptors (Lipinski definition) is 7. The molecule has 1 N–H and O–H groups in total. The standard InChI is InChI=1S/C25H21N5O2S2/c1-15(2)22-28-29-25(34-22)27-20(31)12-30-14-26-23-21(24(30)32)19(13-33-23)18-10-8-17(9-11-18)16-6-4-3-5-7-16/h3-11,13-15H,12H2,1-2H3,(H,27,29,31). The molecule has 0 aliphatic carbocycles. The van der Waals surface area contributed by atoms with Crippen LogP contribution in [0, 0.1) is 0 Å². The van der Waals surface area contributed by atoms with Gasteiger partial charge in [-0.05, 0) is 16.7 Å². The Kier molecular flexibility index (Phi) is 6.04. The summed E-state index contributed by atoms with van der Waals surface area (Å²) in [4.78, 5) is 30.9. The van der Waals surface area contributed by atoms with Crippen molar-refractivity contribution in [3.05, 3.63) is 81.7 Å². The monoisotopic (exact) mass is 487 g/mol. The van der Waals surface area contributed by atoms with Gasteiger partial charge < -0.3 is 0 Å². The van der Waals surface area contributed by atoms with Gasteiger partial charge in [0.2, 0.25) is 11.0 Å². The molecule has 7 nitrogen and oxygen atoms in total. The summed E-state index contributed by atoms with van der Waals surface area (Å²) in [6.07, 6.45) is 1.42. The smallest absolute Gasteiger partial charge is 0.263 e. The molecule has 0 fully saturated rings. The van der Waals surface area contributed by atoms with Crippen LogP contribution in [0.3, 0.4) is 0 Å². The van der Waals surface area contributed by atoms with Gasteiger partial charge in [-0.2, -0.15) is 0 Å². The third-order valence-corrected chi connectivity index (χ3v) is 7.38. The Balaban J connectivity index is 1.41. The molecular formula is C25H21N5O2S2. The van der Waals surface area contributed by atoms with E-state index in [1.54, 1.807) is 0 Å². The van der Waals surface area contributed by atoms with Crippen molar-refractivity contribution < 1.29 is 4.79 Å². The molecule has 5 aromatic rings. The predicted octanol–water partition coefficient (Wildman–Crippen LogP) is 5.41. The topological polar surface area (TPSA) is 89.8 Å². The van der Waals surface area contributed by atoms with Crippen LogP contribution in [-0.4, -0.2) is 25.7 Å². The van der Waals surface area contributed by atoms with Gasteiger partial charge >= 0.3 is 0 Å². The van der Waals surface area contributed by atoms with E-state index in [4.69, 9.17) is 0 Å². The van der Waals surface area contributed by atoms with Gasteiger partial charge in [0, 0.05) is 16.9 Å². The third-order valence-electron chi connectivity index (χ3n) is 5.36. The lowest BCUT2D eigenvalue weighted by molar-refractivity contribution is -0.116. The number of nitrogens with one attached hydrogen (secondary N) is 1. The second-order valence-electron chi connectivity index (χ2n) is 8.10. The van der Waals surface area contributed by atoms with E-state index in [0.717, 1.165) is 27.3 Å². The number of thiophene rings is 1. The van der Waals surface area contributed by atoms with Gasteiger partial charge in [0.25, 0.3) is 5.56 Å². The van der Waals surface area contributed by atoms with Crippen molar-refractivity contribution in [2.45, 2.75) is 26.3 Å². The Labute approximate surface area is 203 Å². The van der Waals surface area contributed by atoms with E-state index in [1.165, 1.54) is 33.6 Å². The zero-order valence-electron chi connectivity index (χ0n) is 18.6.